The molecule has 4 heteroatoms. The van der Waals surface area contributed by atoms with E-state index in [9.17, 15) is 0 Å². The van der Waals surface area contributed by atoms with Gasteiger partial charge in [-0.05, 0) is 19.1 Å². The van der Waals surface area contributed by atoms with Gasteiger partial charge in [-0.1, -0.05) is 23.2 Å². The van der Waals surface area contributed by atoms with E-state index in [2.05, 4.69) is 5.10 Å². The van der Waals surface area contributed by atoms with Gasteiger partial charge in [-0.25, -0.2) is 0 Å². The van der Waals surface area contributed by atoms with E-state index in [1.807, 2.05) is 20.0 Å². The second-order valence-electron chi connectivity index (χ2n) is 2.99. The fraction of sp³-hybridized carbons (Fsp3) is 0.222. The number of nitrogens with zero attached hydrogens (tertiary/aromatic N) is 2. The van der Waals surface area contributed by atoms with Crippen LogP contribution < -0.4 is 0 Å². The Labute approximate surface area is 86.1 Å². The number of hydrogen-bond donors (Lipinski definition) is 0. The van der Waals surface area contributed by atoms with E-state index in [1.54, 1.807) is 10.7 Å². The number of aromatic nitrogens is 2. The monoisotopic (exact) mass is 214 g/mol. The van der Waals surface area contributed by atoms with Gasteiger partial charge in [0.25, 0.3) is 0 Å². The SMILES string of the molecule is Cc1c2cc(Cl)cc(Cl)c2nn1C. The first-order valence-electron chi connectivity index (χ1n) is 3.88. The Hall–Kier alpha value is -0.730. The van der Waals surface area contributed by atoms with Crippen molar-refractivity contribution < 1.29 is 0 Å². The van der Waals surface area contributed by atoms with Gasteiger partial charge in [0.2, 0.25) is 0 Å². The summed E-state index contributed by atoms with van der Waals surface area (Å²) in [6.07, 6.45) is 0. The van der Waals surface area contributed by atoms with Crippen molar-refractivity contribution in [2.45, 2.75) is 6.92 Å². The summed E-state index contributed by atoms with van der Waals surface area (Å²) in [5, 5.41) is 6.54. The molecule has 0 saturated carbocycles. The summed E-state index contributed by atoms with van der Waals surface area (Å²) in [6, 6.07) is 3.59. The second-order valence-corrected chi connectivity index (χ2v) is 3.84. The summed E-state index contributed by atoms with van der Waals surface area (Å²) in [7, 11) is 1.89. The standard InChI is InChI=1S/C9H8Cl2N2/c1-5-7-3-6(10)4-8(11)9(7)12-13(5)2/h3-4H,1-2H3. The third-order valence-corrected chi connectivity index (χ3v) is 2.66. The Balaban J connectivity index is 2.94. The Morgan fingerprint density at radius 2 is 2.00 bits per heavy atom. The Bertz CT molecular complexity index is 474. The molecule has 2 nitrogen and oxygen atoms in total. The molecule has 2 aromatic rings. The van der Waals surface area contributed by atoms with Crippen molar-refractivity contribution in [2.75, 3.05) is 0 Å². The topological polar surface area (TPSA) is 17.8 Å². The van der Waals surface area contributed by atoms with Crippen molar-refractivity contribution in [3.05, 3.63) is 27.9 Å². The zero-order valence-corrected chi connectivity index (χ0v) is 8.82. The predicted octanol–water partition coefficient (Wildman–Crippen LogP) is 3.19. The van der Waals surface area contributed by atoms with Crippen LogP contribution in [0, 0.1) is 6.92 Å². The van der Waals surface area contributed by atoms with Crippen LogP contribution in [0.25, 0.3) is 10.9 Å². The largest absolute Gasteiger partial charge is 0.272 e. The minimum absolute atomic E-state index is 0.603. The molecule has 68 valence electrons. The van der Waals surface area contributed by atoms with Crippen LogP contribution in [0.2, 0.25) is 10.0 Å². The van der Waals surface area contributed by atoms with E-state index in [0.717, 1.165) is 16.6 Å². The van der Waals surface area contributed by atoms with Gasteiger partial charge >= 0.3 is 0 Å². The molecule has 0 aliphatic heterocycles. The molecule has 2 rings (SSSR count). The van der Waals surface area contributed by atoms with Crippen LogP contribution in [0.5, 0.6) is 0 Å². The quantitative estimate of drug-likeness (QED) is 0.659. The Morgan fingerprint density at radius 1 is 1.31 bits per heavy atom. The first-order valence-corrected chi connectivity index (χ1v) is 4.63. The molecule has 0 unspecified atom stereocenters. The van der Waals surface area contributed by atoms with Gasteiger partial charge in [0.15, 0.2) is 0 Å². The normalized spacial score (nSPS) is 11.1. The highest BCUT2D eigenvalue weighted by atomic mass is 35.5. The molecule has 0 atom stereocenters. The van der Waals surface area contributed by atoms with Gasteiger partial charge in [0.05, 0.1) is 5.02 Å². The molecule has 1 aromatic carbocycles. The van der Waals surface area contributed by atoms with Crippen molar-refractivity contribution in [3.63, 3.8) is 0 Å². The molecule has 0 bridgehead atoms. The second kappa shape index (κ2) is 2.89. The summed E-state index contributed by atoms with van der Waals surface area (Å²) in [6.45, 7) is 1.99. The van der Waals surface area contributed by atoms with Gasteiger partial charge in [-0.2, -0.15) is 5.10 Å². The van der Waals surface area contributed by atoms with E-state index in [1.165, 1.54) is 0 Å². The smallest absolute Gasteiger partial charge is 0.111 e. The minimum Gasteiger partial charge on any atom is -0.272 e. The van der Waals surface area contributed by atoms with Crippen molar-refractivity contribution >= 4 is 34.1 Å². The molecule has 0 aliphatic carbocycles. The lowest BCUT2D eigenvalue weighted by atomic mass is 10.2. The molecule has 0 radical (unpaired) electrons. The maximum Gasteiger partial charge on any atom is 0.111 e. The third-order valence-electron chi connectivity index (χ3n) is 2.15. The van der Waals surface area contributed by atoms with Gasteiger partial charge in [0.1, 0.15) is 5.52 Å². The summed E-state index contributed by atoms with van der Waals surface area (Å²) in [4.78, 5) is 0. The molecule has 0 aliphatic rings. The van der Waals surface area contributed by atoms with E-state index in [4.69, 9.17) is 23.2 Å². The lowest BCUT2D eigenvalue weighted by Crippen LogP contribution is -1.91. The number of benzene rings is 1. The minimum atomic E-state index is 0.603. The molecule has 0 N–H and O–H groups in total. The molecule has 0 amide bonds. The number of aryl methyl sites for hydroxylation is 2. The lowest BCUT2D eigenvalue weighted by molar-refractivity contribution is 0.751. The van der Waals surface area contributed by atoms with E-state index in [0.29, 0.717) is 10.0 Å². The van der Waals surface area contributed by atoms with Crippen molar-refractivity contribution in [1.29, 1.82) is 0 Å². The van der Waals surface area contributed by atoms with Crippen molar-refractivity contribution in [3.8, 4) is 0 Å². The summed E-state index contributed by atoms with van der Waals surface area (Å²) in [5.41, 5.74) is 1.88. The average molecular weight is 215 g/mol. The van der Waals surface area contributed by atoms with Crippen LogP contribution >= 0.6 is 23.2 Å². The first kappa shape index (κ1) is 8.85. The van der Waals surface area contributed by atoms with Gasteiger partial charge in [0, 0.05) is 23.2 Å². The average Bonchev–Trinajstić information content (AvgIpc) is 2.32. The van der Waals surface area contributed by atoms with Gasteiger partial charge in [-0.3, -0.25) is 4.68 Å². The van der Waals surface area contributed by atoms with E-state index >= 15 is 0 Å². The van der Waals surface area contributed by atoms with E-state index in [-0.39, 0.29) is 0 Å². The molecule has 1 aromatic heterocycles. The third kappa shape index (κ3) is 1.30. The highest BCUT2D eigenvalue weighted by molar-refractivity contribution is 6.38. The Kier molecular flexibility index (Phi) is 1.97. The molecular weight excluding hydrogens is 207 g/mol. The van der Waals surface area contributed by atoms with Crippen LogP contribution in [-0.2, 0) is 7.05 Å². The van der Waals surface area contributed by atoms with Crippen molar-refractivity contribution in [1.82, 2.24) is 9.78 Å². The van der Waals surface area contributed by atoms with Crippen LogP contribution in [-0.4, -0.2) is 9.78 Å². The molecule has 1 heterocycles. The highest BCUT2D eigenvalue weighted by Gasteiger charge is 2.08. The molecule has 13 heavy (non-hydrogen) atoms. The van der Waals surface area contributed by atoms with E-state index < -0.39 is 0 Å². The van der Waals surface area contributed by atoms with Crippen LogP contribution in [0.4, 0.5) is 0 Å². The fourth-order valence-electron chi connectivity index (χ4n) is 1.34. The summed E-state index contributed by atoms with van der Waals surface area (Å²) >= 11 is 11.9. The molecule has 0 fully saturated rings. The number of halogens is 2. The molecular formula is C9H8Cl2N2. The predicted molar refractivity (Wildman–Crippen MR) is 55.5 cm³/mol. The molecule has 0 saturated heterocycles. The Morgan fingerprint density at radius 3 is 2.69 bits per heavy atom. The molecule has 0 spiro atoms. The number of rotatable bonds is 0. The van der Waals surface area contributed by atoms with Crippen LogP contribution in [0.1, 0.15) is 5.69 Å². The maximum atomic E-state index is 5.99. The zero-order valence-electron chi connectivity index (χ0n) is 7.31. The van der Waals surface area contributed by atoms with Crippen molar-refractivity contribution in [2.24, 2.45) is 7.05 Å². The summed E-state index contributed by atoms with van der Waals surface area (Å²) < 4.78 is 1.80. The maximum absolute atomic E-state index is 5.99. The van der Waals surface area contributed by atoms with Gasteiger partial charge in [-0.15, -0.1) is 0 Å². The highest BCUT2D eigenvalue weighted by Crippen LogP contribution is 2.28. The zero-order chi connectivity index (χ0) is 9.59. The first-order chi connectivity index (χ1) is 6.09. The van der Waals surface area contributed by atoms with Crippen LogP contribution in [0.15, 0.2) is 12.1 Å². The number of hydrogen-bond acceptors (Lipinski definition) is 1. The lowest BCUT2D eigenvalue weighted by Gasteiger charge is -1.94. The van der Waals surface area contributed by atoms with Crippen LogP contribution in [0.3, 0.4) is 0 Å². The number of fused-ring (bicyclic) bond motifs is 1. The van der Waals surface area contributed by atoms with Gasteiger partial charge < -0.3 is 0 Å². The summed E-state index contributed by atoms with van der Waals surface area (Å²) in [5.74, 6) is 0. The fourth-order valence-corrected chi connectivity index (χ4v) is 1.87.